The molecule has 0 saturated carbocycles. The fourth-order valence-corrected chi connectivity index (χ4v) is 9.82. The van der Waals surface area contributed by atoms with Crippen molar-refractivity contribution in [2.45, 2.75) is 38.5 Å². The number of anilines is 3. The standard InChI is InChI=1S/C56H43NO/c1-55(2)49-19-10-8-17-45(49)46-31-25-40(34-50(46)55)38-23-29-43(30-24-38)57(42-27-21-37(22-28-42)36-13-6-5-7-14-36)44-16-12-15-39(33-44)41-26-32-47-51(35-41)56(3,4)53-48-18-9-11-20-52(48)58-54(47)53/h5-35H,1-4H3. The molecule has 0 atom stereocenters. The van der Waals surface area contributed by atoms with Crippen LogP contribution in [0.25, 0.3) is 66.8 Å². The van der Waals surface area contributed by atoms with E-state index in [2.05, 4.69) is 215 Å². The lowest BCUT2D eigenvalue weighted by Gasteiger charge is -2.27. The van der Waals surface area contributed by atoms with Crippen molar-refractivity contribution in [1.82, 2.24) is 0 Å². The highest BCUT2D eigenvalue weighted by molar-refractivity contribution is 5.95. The van der Waals surface area contributed by atoms with E-state index < -0.39 is 0 Å². The Morgan fingerprint density at radius 3 is 1.62 bits per heavy atom. The summed E-state index contributed by atoms with van der Waals surface area (Å²) in [6.07, 6.45) is 0. The molecule has 2 aliphatic rings. The van der Waals surface area contributed by atoms with Gasteiger partial charge in [0.2, 0.25) is 0 Å². The van der Waals surface area contributed by atoms with Crippen LogP contribution in [0.5, 0.6) is 0 Å². The molecular weight excluding hydrogens is 703 g/mol. The van der Waals surface area contributed by atoms with E-state index in [4.69, 9.17) is 4.42 Å². The molecule has 1 heterocycles. The summed E-state index contributed by atoms with van der Waals surface area (Å²) < 4.78 is 6.48. The highest BCUT2D eigenvalue weighted by Crippen LogP contribution is 2.54. The summed E-state index contributed by atoms with van der Waals surface area (Å²) in [5.41, 5.74) is 20.5. The van der Waals surface area contributed by atoms with Crippen LogP contribution in [0.15, 0.2) is 192 Å². The van der Waals surface area contributed by atoms with Crippen LogP contribution in [0.2, 0.25) is 0 Å². The fraction of sp³-hybridized carbons (Fsp3) is 0.107. The second-order valence-corrected chi connectivity index (χ2v) is 17.0. The molecule has 58 heavy (non-hydrogen) atoms. The van der Waals surface area contributed by atoms with Crippen molar-refractivity contribution in [3.63, 3.8) is 0 Å². The Hall–Kier alpha value is -6.90. The maximum absolute atomic E-state index is 6.48. The van der Waals surface area contributed by atoms with Crippen LogP contribution in [0, 0.1) is 0 Å². The molecule has 0 aliphatic heterocycles. The van der Waals surface area contributed by atoms with E-state index in [0.29, 0.717) is 0 Å². The van der Waals surface area contributed by atoms with Gasteiger partial charge in [0.05, 0.1) is 0 Å². The zero-order valence-electron chi connectivity index (χ0n) is 33.3. The quantitative estimate of drug-likeness (QED) is 0.169. The second-order valence-electron chi connectivity index (χ2n) is 17.0. The molecule has 2 aliphatic carbocycles. The van der Waals surface area contributed by atoms with Gasteiger partial charge in [-0.1, -0.05) is 161 Å². The smallest absolute Gasteiger partial charge is 0.139 e. The van der Waals surface area contributed by atoms with Crippen molar-refractivity contribution in [3.8, 4) is 55.8 Å². The summed E-state index contributed by atoms with van der Waals surface area (Å²) in [5, 5.41) is 1.20. The molecule has 0 fully saturated rings. The molecular formula is C56H43NO. The molecule has 278 valence electrons. The Kier molecular flexibility index (Phi) is 7.59. The number of hydrogen-bond donors (Lipinski definition) is 0. The van der Waals surface area contributed by atoms with Gasteiger partial charge >= 0.3 is 0 Å². The third kappa shape index (κ3) is 5.25. The van der Waals surface area contributed by atoms with E-state index in [9.17, 15) is 0 Å². The van der Waals surface area contributed by atoms with Gasteiger partial charge < -0.3 is 9.32 Å². The minimum Gasteiger partial charge on any atom is -0.456 e. The normalized spacial score (nSPS) is 14.1. The number of nitrogens with zero attached hydrogens (tertiary/aromatic N) is 1. The van der Waals surface area contributed by atoms with E-state index in [1.54, 1.807) is 0 Å². The Balaban J connectivity index is 0.978. The van der Waals surface area contributed by atoms with Crippen LogP contribution in [0.3, 0.4) is 0 Å². The third-order valence-corrected chi connectivity index (χ3v) is 12.9. The molecule has 0 bridgehead atoms. The molecule has 2 nitrogen and oxygen atoms in total. The Labute approximate surface area is 340 Å². The zero-order chi connectivity index (χ0) is 39.2. The van der Waals surface area contributed by atoms with Gasteiger partial charge in [-0.3, -0.25) is 0 Å². The first kappa shape index (κ1) is 34.4. The van der Waals surface area contributed by atoms with Gasteiger partial charge in [0.25, 0.3) is 0 Å². The van der Waals surface area contributed by atoms with E-state index >= 15 is 0 Å². The fourth-order valence-electron chi connectivity index (χ4n) is 9.82. The summed E-state index contributed by atoms with van der Waals surface area (Å²) in [5.74, 6) is 1.00. The van der Waals surface area contributed by atoms with E-state index in [0.717, 1.165) is 28.4 Å². The topological polar surface area (TPSA) is 16.4 Å². The summed E-state index contributed by atoms with van der Waals surface area (Å²) >= 11 is 0. The molecule has 0 radical (unpaired) electrons. The van der Waals surface area contributed by atoms with Gasteiger partial charge in [-0.2, -0.15) is 0 Å². The Morgan fingerprint density at radius 1 is 0.362 bits per heavy atom. The second kappa shape index (κ2) is 12.8. The zero-order valence-corrected chi connectivity index (χ0v) is 33.3. The molecule has 0 saturated heterocycles. The molecule has 11 rings (SSSR count). The van der Waals surface area contributed by atoms with Crippen LogP contribution < -0.4 is 4.90 Å². The largest absolute Gasteiger partial charge is 0.456 e. The first-order chi connectivity index (χ1) is 28.3. The highest BCUT2D eigenvalue weighted by atomic mass is 16.3. The minimum absolute atomic E-state index is 0.0417. The summed E-state index contributed by atoms with van der Waals surface area (Å²) in [7, 11) is 0. The summed E-state index contributed by atoms with van der Waals surface area (Å²) in [6, 6.07) is 68.7. The minimum atomic E-state index is -0.183. The SMILES string of the molecule is CC1(C)c2ccccc2-c2ccc(-c3ccc(N(c4ccc(-c5ccccc5)cc4)c4cccc(-c5ccc6c(c5)C(C)(C)c5c-6oc6ccccc56)c4)cc3)cc21. The monoisotopic (exact) mass is 745 g/mol. The third-order valence-electron chi connectivity index (χ3n) is 12.9. The molecule has 2 heteroatoms. The lowest BCUT2D eigenvalue weighted by atomic mass is 9.80. The van der Waals surface area contributed by atoms with Gasteiger partial charge in [-0.25, -0.2) is 0 Å². The van der Waals surface area contributed by atoms with Crippen molar-refractivity contribution in [1.29, 1.82) is 0 Å². The van der Waals surface area contributed by atoms with E-state index in [-0.39, 0.29) is 10.8 Å². The maximum Gasteiger partial charge on any atom is 0.139 e. The summed E-state index contributed by atoms with van der Waals surface area (Å²) in [6.45, 7) is 9.35. The van der Waals surface area contributed by atoms with Gasteiger partial charge in [0, 0.05) is 44.4 Å². The summed E-state index contributed by atoms with van der Waals surface area (Å²) in [4.78, 5) is 2.38. The van der Waals surface area contributed by atoms with Crippen LogP contribution in [-0.2, 0) is 10.8 Å². The Bertz CT molecular complexity index is 3040. The molecule has 1 aromatic heterocycles. The molecule has 0 spiro atoms. The van der Waals surface area contributed by atoms with E-state index in [1.807, 2.05) is 6.07 Å². The van der Waals surface area contributed by atoms with Gasteiger partial charge in [0.1, 0.15) is 11.3 Å². The van der Waals surface area contributed by atoms with Crippen LogP contribution >= 0.6 is 0 Å². The molecule has 9 aromatic rings. The number of furan rings is 1. The van der Waals surface area contributed by atoms with Crippen molar-refractivity contribution in [2.24, 2.45) is 0 Å². The number of benzene rings is 8. The molecule has 0 amide bonds. The number of fused-ring (bicyclic) bond motifs is 8. The van der Waals surface area contributed by atoms with Crippen LogP contribution in [-0.4, -0.2) is 0 Å². The number of rotatable bonds is 6. The highest BCUT2D eigenvalue weighted by Gasteiger charge is 2.40. The average molecular weight is 746 g/mol. The predicted octanol–water partition coefficient (Wildman–Crippen LogP) is 15.5. The van der Waals surface area contributed by atoms with Crippen molar-refractivity contribution < 1.29 is 4.42 Å². The molecule has 0 unspecified atom stereocenters. The van der Waals surface area contributed by atoms with Crippen molar-refractivity contribution >= 4 is 28.0 Å². The van der Waals surface area contributed by atoms with Crippen LogP contribution in [0.1, 0.15) is 49.9 Å². The lowest BCUT2D eigenvalue weighted by molar-refractivity contribution is 0.619. The lowest BCUT2D eigenvalue weighted by Crippen LogP contribution is -2.15. The first-order valence-electron chi connectivity index (χ1n) is 20.3. The van der Waals surface area contributed by atoms with Crippen LogP contribution in [0.4, 0.5) is 17.1 Å². The predicted molar refractivity (Wildman–Crippen MR) is 242 cm³/mol. The van der Waals surface area contributed by atoms with Gasteiger partial charge in [-0.05, 0) is 116 Å². The van der Waals surface area contributed by atoms with Crippen molar-refractivity contribution in [2.75, 3.05) is 4.90 Å². The number of para-hydroxylation sites is 1. The molecule has 8 aromatic carbocycles. The maximum atomic E-state index is 6.48. The Morgan fingerprint density at radius 2 is 0.879 bits per heavy atom. The first-order valence-corrected chi connectivity index (χ1v) is 20.3. The van der Waals surface area contributed by atoms with Gasteiger partial charge in [-0.15, -0.1) is 0 Å². The van der Waals surface area contributed by atoms with Crippen molar-refractivity contribution in [3.05, 3.63) is 210 Å². The van der Waals surface area contributed by atoms with Gasteiger partial charge in [0.15, 0.2) is 0 Å². The molecule has 0 N–H and O–H groups in total. The average Bonchev–Trinajstić information content (AvgIpc) is 3.85. The number of hydrogen-bond acceptors (Lipinski definition) is 2. The van der Waals surface area contributed by atoms with E-state index in [1.165, 1.54) is 77.7 Å².